The molecule has 6 heteroatoms. The minimum Gasteiger partial charge on any atom is -0.508 e. The van der Waals surface area contributed by atoms with Gasteiger partial charge in [0.2, 0.25) is 0 Å². The number of benzene rings is 2. The predicted molar refractivity (Wildman–Crippen MR) is 70.0 cm³/mol. The Bertz CT molecular complexity index is 639. The minimum atomic E-state index is -0.945. The summed E-state index contributed by atoms with van der Waals surface area (Å²) >= 11 is 0. The van der Waals surface area contributed by atoms with Gasteiger partial charge in [0, 0.05) is 17.8 Å². The van der Waals surface area contributed by atoms with E-state index in [-0.39, 0.29) is 12.3 Å². The van der Waals surface area contributed by atoms with Gasteiger partial charge in [-0.3, -0.25) is 4.79 Å². The van der Waals surface area contributed by atoms with Crippen LogP contribution in [0.25, 0.3) is 0 Å². The molecule has 4 nitrogen and oxygen atoms in total. The zero-order chi connectivity index (χ0) is 14.7. The zero-order valence-electron chi connectivity index (χ0n) is 10.4. The van der Waals surface area contributed by atoms with Gasteiger partial charge in [0.25, 0.3) is 5.91 Å². The highest BCUT2D eigenvalue weighted by atomic mass is 19.1. The Kier molecular flexibility index (Phi) is 3.84. The molecule has 2 aromatic rings. The van der Waals surface area contributed by atoms with Crippen LogP contribution >= 0.6 is 0 Å². The number of hydrogen-bond acceptors (Lipinski definition) is 3. The van der Waals surface area contributed by atoms with E-state index in [0.717, 1.165) is 12.1 Å². The van der Waals surface area contributed by atoms with Crippen molar-refractivity contribution >= 4 is 11.6 Å². The molecule has 0 aromatic heterocycles. The van der Waals surface area contributed by atoms with Gasteiger partial charge in [0.05, 0.1) is 0 Å². The molecular formula is C14H12F2N2O2. The molecule has 2 rings (SSSR count). The molecule has 2 aromatic carbocycles. The number of phenolic OH excluding ortho intramolecular Hbond substituents is 1. The Morgan fingerprint density at radius 3 is 2.50 bits per heavy atom. The molecule has 20 heavy (non-hydrogen) atoms. The maximum Gasteiger partial charge on any atom is 0.257 e. The first-order valence-corrected chi connectivity index (χ1v) is 5.78. The molecule has 1 amide bonds. The second-order valence-corrected chi connectivity index (χ2v) is 4.17. The number of rotatable bonds is 3. The summed E-state index contributed by atoms with van der Waals surface area (Å²) in [5, 5.41) is 11.9. The topological polar surface area (TPSA) is 75.3 Å². The van der Waals surface area contributed by atoms with E-state index in [1.54, 1.807) is 0 Å². The van der Waals surface area contributed by atoms with Gasteiger partial charge in [0.1, 0.15) is 22.9 Å². The first-order chi connectivity index (χ1) is 9.49. The molecule has 0 saturated carbocycles. The van der Waals surface area contributed by atoms with Crippen molar-refractivity contribution in [3.8, 4) is 5.75 Å². The maximum atomic E-state index is 13.4. The highest BCUT2D eigenvalue weighted by Crippen LogP contribution is 2.20. The molecule has 0 radical (unpaired) electrons. The fraction of sp³-hybridized carbons (Fsp3) is 0.0714. The van der Waals surface area contributed by atoms with Crippen LogP contribution in [-0.4, -0.2) is 11.0 Å². The summed E-state index contributed by atoms with van der Waals surface area (Å²) in [4.78, 5) is 11.8. The average Bonchev–Trinajstić information content (AvgIpc) is 2.39. The molecule has 104 valence electrons. The van der Waals surface area contributed by atoms with E-state index in [0.29, 0.717) is 11.3 Å². The highest BCUT2D eigenvalue weighted by Gasteiger charge is 2.16. The van der Waals surface area contributed by atoms with Crippen molar-refractivity contribution in [1.82, 2.24) is 5.32 Å². The molecule has 0 aliphatic carbocycles. The molecule has 0 fully saturated rings. The largest absolute Gasteiger partial charge is 0.508 e. The fourth-order valence-corrected chi connectivity index (χ4v) is 1.73. The lowest BCUT2D eigenvalue weighted by Crippen LogP contribution is -2.25. The maximum absolute atomic E-state index is 13.4. The van der Waals surface area contributed by atoms with Gasteiger partial charge in [-0.2, -0.15) is 0 Å². The van der Waals surface area contributed by atoms with E-state index >= 15 is 0 Å². The Hall–Kier alpha value is -2.63. The van der Waals surface area contributed by atoms with Crippen molar-refractivity contribution in [1.29, 1.82) is 0 Å². The number of nitrogen functional groups attached to an aromatic ring is 1. The monoisotopic (exact) mass is 278 g/mol. The van der Waals surface area contributed by atoms with Crippen LogP contribution in [-0.2, 0) is 6.54 Å². The third-order valence-corrected chi connectivity index (χ3v) is 2.73. The Labute approximate surface area is 113 Å². The molecule has 4 N–H and O–H groups in total. The molecule has 0 bridgehead atoms. The van der Waals surface area contributed by atoms with Crippen molar-refractivity contribution in [3.05, 3.63) is 59.2 Å². The lowest BCUT2D eigenvalue weighted by molar-refractivity contribution is 0.0942. The number of carbonyl (C=O) groups excluding carboxylic acids is 1. The van der Waals surface area contributed by atoms with Gasteiger partial charge in [-0.05, 0) is 30.3 Å². The fourth-order valence-electron chi connectivity index (χ4n) is 1.73. The van der Waals surface area contributed by atoms with Crippen molar-refractivity contribution in [2.24, 2.45) is 0 Å². The standard InChI is InChI=1S/C14H12F2N2O2/c15-10-2-1-3-11(16)13(10)14(20)18-7-8-6-9(17)4-5-12(8)19/h1-6,19H,7,17H2,(H,18,20). The second-order valence-electron chi connectivity index (χ2n) is 4.17. The third kappa shape index (κ3) is 2.85. The Balaban J connectivity index is 2.15. The minimum absolute atomic E-state index is 0.0616. The number of nitrogens with one attached hydrogen (secondary N) is 1. The van der Waals surface area contributed by atoms with Crippen LogP contribution < -0.4 is 11.1 Å². The van der Waals surface area contributed by atoms with Crippen LogP contribution in [0.5, 0.6) is 5.75 Å². The lowest BCUT2D eigenvalue weighted by atomic mass is 10.1. The summed E-state index contributed by atoms with van der Waals surface area (Å²) in [5.41, 5.74) is 5.66. The molecule has 0 aliphatic heterocycles. The molecule has 0 atom stereocenters. The van der Waals surface area contributed by atoms with Crippen LogP contribution in [0.2, 0.25) is 0 Å². The number of halogens is 2. The van der Waals surface area contributed by atoms with Crippen LogP contribution in [0.3, 0.4) is 0 Å². The van der Waals surface area contributed by atoms with Crippen molar-refractivity contribution in [2.45, 2.75) is 6.54 Å². The third-order valence-electron chi connectivity index (χ3n) is 2.73. The highest BCUT2D eigenvalue weighted by molar-refractivity contribution is 5.94. The van der Waals surface area contributed by atoms with E-state index in [9.17, 15) is 18.7 Å². The van der Waals surface area contributed by atoms with Gasteiger partial charge in [-0.25, -0.2) is 8.78 Å². The van der Waals surface area contributed by atoms with E-state index in [2.05, 4.69) is 5.32 Å². The van der Waals surface area contributed by atoms with E-state index < -0.39 is 23.1 Å². The van der Waals surface area contributed by atoms with Crippen LogP contribution in [0.1, 0.15) is 15.9 Å². The molecule has 0 saturated heterocycles. The number of aromatic hydroxyl groups is 1. The summed E-state index contributed by atoms with van der Waals surface area (Å²) in [7, 11) is 0. The SMILES string of the molecule is Nc1ccc(O)c(CNC(=O)c2c(F)cccc2F)c1. The van der Waals surface area contributed by atoms with Gasteiger partial charge < -0.3 is 16.2 Å². The van der Waals surface area contributed by atoms with Crippen LogP contribution in [0.4, 0.5) is 14.5 Å². The van der Waals surface area contributed by atoms with Crippen molar-refractivity contribution in [3.63, 3.8) is 0 Å². The lowest BCUT2D eigenvalue weighted by Gasteiger charge is -2.09. The van der Waals surface area contributed by atoms with E-state index in [1.807, 2.05) is 0 Å². The molecule has 0 heterocycles. The van der Waals surface area contributed by atoms with Gasteiger partial charge in [0.15, 0.2) is 0 Å². The predicted octanol–water partition coefficient (Wildman–Crippen LogP) is 2.18. The number of phenols is 1. The quantitative estimate of drug-likeness (QED) is 0.595. The molecule has 0 aliphatic rings. The molecular weight excluding hydrogens is 266 g/mol. The normalized spacial score (nSPS) is 10.3. The molecule has 0 unspecified atom stereocenters. The summed E-state index contributed by atoms with van der Waals surface area (Å²) in [6.07, 6.45) is 0. The smallest absolute Gasteiger partial charge is 0.257 e. The van der Waals surface area contributed by atoms with Crippen LogP contribution in [0, 0.1) is 11.6 Å². The Morgan fingerprint density at radius 2 is 1.85 bits per heavy atom. The number of carbonyl (C=O) groups is 1. The first-order valence-electron chi connectivity index (χ1n) is 5.78. The Morgan fingerprint density at radius 1 is 1.20 bits per heavy atom. The van der Waals surface area contributed by atoms with E-state index in [1.165, 1.54) is 24.3 Å². The number of hydrogen-bond donors (Lipinski definition) is 3. The number of amides is 1. The average molecular weight is 278 g/mol. The van der Waals surface area contributed by atoms with Gasteiger partial charge in [-0.15, -0.1) is 0 Å². The summed E-state index contributed by atoms with van der Waals surface area (Å²) in [5.74, 6) is -2.85. The zero-order valence-corrected chi connectivity index (χ0v) is 10.4. The van der Waals surface area contributed by atoms with Crippen LogP contribution in [0.15, 0.2) is 36.4 Å². The summed E-state index contributed by atoms with van der Waals surface area (Å²) < 4.78 is 26.8. The molecule has 0 spiro atoms. The number of anilines is 1. The second kappa shape index (κ2) is 5.56. The van der Waals surface area contributed by atoms with Crippen molar-refractivity contribution < 1.29 is 18.7 Å². The summed E-state index contributed by atoms with van der Waals surface area (Å²) in [6.45, 7) is -0.0938. The summed E-state index contributed by atoms with van der Waals surface area (Å²) in [6, 6.07) is 7.50. The van der Waals surface area contributed by atoms with E-state index in [4.69, 9.17) is 5.73 Å². The number of nitrogens with two attached hydrogens (primary N) is 1. The van der Waals surface area contributed by atoms with Gasteiger partial charge in [-0.1, -0.05) is 6.07 Å². The first kappa shape index (κ1) is 13.8. The van der Waals surface area contributed by atoms with Gasteiger partial charge >= 0.3 is 0 Å². The van der Waals surface area contributed by atoms with Crippen molar-refractivity contribution in [2.75, 3.05) is 5.73 Å².